The lowest BCUT2D eigenvalue weighted by Crippen LogP contribution is -2.30. The summed E-state index contributed by atoms with van der Waals surface area (Å²) in [4.78, 5) is 14.3. The first-order valence-corrected chi connectivity index (χ1v) is 8.45. The third-order valence-electron chi connectivity index (χ3n) is 4.05. The van der Waals surface area contributed by atoms with E-state index in [0.29, 0.717) is 17.3 Å². The fourth-order valence-electron chi connectivity index (χ4n) is 2.87. The number of nitrogens with zero attached hydrogens (tertiary/aromatic N) is 1. The van der Waals surface area contributed by atoms with Crippen LogP contribution in [0.5, 0.6) is 0 Å². The van der Waals surface area contributed by atoms with Crippen molar-refractivity contribution in [2.75, 3.05) is 18.9 Å². The molecular formula is C20H25ClN2O. The molecule has 128 valence electrons. The van der Waals surface area contributed by atoms with E-state index in [4.69, 9.17) is 11.6 Å². The number of hydrogen-bond acceptors (Lipinski definition) is 2. The molecule has 0 aliphatic rings. The lowest BCUT2D eigenvalue weighted by Gasteiger charge is -2.19. The minimum atomic E-state index is -0.0592. The van der Waals surface area contributed by atoms with Gasteiger partial charge in [0, 0.05) is 6.54 Å². The van der Waals surface area contributed by atoms with Gasteiger partial charge in [0.05, 0.1) is 17.3 Å². The van der Waals surface area contributed by atoms with Gasteiger partial charge in [0.1, 0.15) is 0 Å². The van der Waals surface area contributed by atoms with Crippen molar-refractivity contribution in [3.63, 3.8) is 0 Å². The van der Waals surface area contributed by atoms with E-state index in [1.807, 2.05) is 37.9 Å². The predicted octanol–water partition coefficient (Wildman–Crippen LogP) is 4.64. The van der Waals surface area contributed by atoms with Gasteiger partial charge in [-0.25, -0.2) is 0 Å². The summed E-state index contributed by atoms with van der Waals surface area (Å²) >= 11 is 6.25. The molecule has 1 amide bonds. The van der Waals surface area contributed by atoms with Gasteiger partial charge in [-0.15, -0.1) is 0 Å². The third-order valence-corrected chi connectivity index (χ3v) is 4.35. The van der Waals surface area contributed by atoms with E-state index in [1.54, 1.807) is 0 Å². The third kappa shape index (κ3) is 4.83. The molecule has 0 radical (unpaired) electrons. The standard InChI is InChI=1S/C20H25ClN2O/c1-13-6-7-17(15(3)8-13)11-23(5)12-19(24)22-20-16(4)9-14(2)10-18(20)21/h6-10H,11-12H2,1-5H3,(H,22,24). The van der Waals surface area contributed by atoms with Gasteiger partial charge in [-0.2, -0.15) is 0 Å². The van der Waals surface area contributed by atoms with Gasteiger partial charge in [0.25, 0.3) is 0 Å². The fraction of sp³-hybridized carbons (Fsp3) is 0.350. The highest BCUT2D eigenvalue weighted by molar-refractivity contribution is 6.34. The van der Waals surface area contributed by atoms with E-state index in [0.717, 1.165) is 17.7 Å². The van der Waals surface area contributed by atoms with Crippen LogP contribution in [0.15, 0.2) is 30.3 Å². The number of halogens is 1. The Morgan fingerprint density at radius 3 is 2.33 bits per heavy atom. The van der Waals surface area contributed by atoms with Crippen LogP contribution in [0, 0.1) is 27.7 Å². The average molecular weight is 345 g/mol. The molecule has 24 heavy (non-hydrogen) atoms. The van der Waals surface area contributed by atoms with Gasteiger partial charge in [0.15, 0.2) is 0 Å². The molecule has 2 rings (SSSR count). The normalized spacial score (nSPS) is 11.0. The fourth-order valence-corrected chi connectivity index (χ4v) is 3.24. The van der Waals surface area contributed by atoms with E-state index in [1.165, 1.54) is 16.7 Å². The second-order valence-corrected chi connectivity index (χ2v) is 7.00. The number of rotatable bonds is 5. The maximum atomic E-state index is 12.3. The minimum absolute atomic E-state index is 0.0592. The second-order valence-electron chi connectivity index (χ2n) is 6.59. The van der Waals surface area contributed by atoms with Crippen molar-refractivity contribution in [3.05, 3.63) is 63.2 Å². The first kappa shape index (κ1) is 18.5. The summed E-state index contributed by atoms with van der Waals surface area (Å²) in [5.41, 5.74) is 6.50. The molecule has 0 aliphatic carbocycles. The van der Waals surface area contributed by atoms with Crippen molar-refractivity contribution in [1.29, 1.82) is 0 Å². The quantitative estimate of drug-likeness (QED) is 0.856. The van der Waals surface area contributed by atoms with Gasteiger partial charge in [0.2, 0.25) is 5.91 Å². The largest absolute Gasteiger partial charge is 0.323 e. The Morgan fingerprint density at radius 2 is 1.71 bits per heavy atom. The Hall–Kier alpha value is -1.84. The van der Waals surface area contributed by atoms with E-state index in [9.17, 15) is 4.79 Å². The molecule has 0 saturated carbocycles. The maximum absolute atomic E-state index is 12.3. The molecule has 3 nitrogen and oxygen atoms in total. The summed E-state index contributed by atoms with van der Waals surface area (Å²) in [6.07, 6.45) is 0. The SMILES string of the molecule is Cc1ccc(CN(C)CC(=O)Nc2c(C)cc(C)cc2Cl)c(C)c1. The van der Waals surface area contributed by atoms with Crippen molar-refractivity contribution >= 4 is 23.2 Å². The van der Waals surface area contributed by atoms with Crippen LogP contribution in [0.1, 0.15) is 27.8 Å². The number of carbonyl (C=O) groups is 1. The molecule has 0 heterocycles. The van der Waals surface area contributed by atoms with Crippen LogP contribution >= 0.6 is 11.6 Å². The van der Waals surface area contributed by atoms with Gasteiger partial charge in [-0.3, -0.25) is 9.69 Å². The van der Waals surface area contributed by atoms with Crippen molar-refractivity contribution < 1.29 is 4.79 Å². The van der Waals surface area contributed by atoms with Crippen molar-refractivity contribution in [2.24, 2.45) is 0 Å². The van der Waals surface area contributed by atoms with E-state index < -0.39 is 0 Å². The van der Waals surface area contributed by atoms with Crippen molar-refractivity contribution in [3.8, 4) is 0 Å². The number of nitrogens with one attached hydrogen (secondary N) is 1. The number of aryl methyl sites for hydroxylation is 4. The molecule has 4 heteroatoms. The molecule has 0 aromatic heterocycles. The van der Waals surface area contributed by atoms with Gasteiger partial charge >= 0.3 is 0 Å². The number of carbonyl (C=O) groups excluding carboxylic acids is 1. The summed E-state index contributed by atoms with van der Waals surface area (Å²) in [6.45, 7) is 9.18. The average Bonchev–Trinajstić information content (AvgIpc) is 2.45. The van der Waals surface area contributed by atoms with Gasteiger partial charge < -0.3 is 5.32 Å². The van der Waals surface area contributed by atoms with Crippen LogP contribution in [-0.4, -0.2) is 24.4 Å². The lowest BCUT2D eigenvalue weighted by molar-refractivity contribution is -0.117. The Balaban J connectivity index is 1.99. The molecule has 0 bridgehead atoms. The zero-order valence-corrected chi connectivity index (χ0v) is 15.8. The Morgan fingerprint density at radius 1 is 1.04 bits per heavy atom. The van der Waals surface area contributed by atoms with E-state index in [-0.39, 0.29) is 5.91 Å². The van der Waals surface area contributed by atoms with E-state index in [2.05, 4.69) is 37.4 Å². The minimum Gasteiger partial charge on any atom is -0.323 e. The van der Waals surface area contributed by atoms with Crippen LogP contribution in [0.3, 0.4) is 0 Å². The molecule has 0 atom stereocenters. The zero-order chi connectivity index (χ0) is 17.9. The zero-order valence-electron chi connectivity index (χ0n) is 15.0. The summed E-state index contributed by atoms with van der Waals surface area (Å²) < 4.78 is 0. The molecule has 0 saturated heterocycles. The highest BCUT2D eigenvalue weighted by Crippen LogP contribution is 2.27. The molecule has 2 aromatic rings. The molecule has 0 aliphatic heterocycles. The summed E-state index contributed by atoms with van der Waals surface area (Å²) in [5, 5.41) is 3.51. The molecule has 1 N–H and O–H groups in total. The lowest BCUT2D eigenvalue weighted by atomic mass is 10.1. The number of anilines is 1. The van der Waals surface area contributed by atoms with Crippen LogP contribution in [-0.2, 0) is 11.3 Å². The number of likely N-dealkylation sites (N-methyl/N-ethyl adjacent to an activating group) is 1. The summed E-state index contributed by atoms with van der Waals surface area (Å²) in [5.74, 6) is -0.0592. The highest BCUT2D eigenvalue weighted by atomic mass is 35.5. The van der Waals surface area contributed by atoms with Gasteiger partial charge in [-0.05, 0) is 63.1 Å². The number of hydrogen-bond donors (Lipinski definition) is 1. The van der Waals surface area contributed by atoms with Crippen LogP contribution in [0.4, 0.5) is 5.69 Å². The maximum Gasteiger partial charge on any atom is 0.238 e. The molecule has 0 unspecified atom stereocenters. The van der Waals surface area contributed by atoms with Crippen LogP contribution in [0.25, 0.3) is 0 Å². The first-order chi connectivity index (χ1) is 11.3. The smallest absolute Gasteiger partial charge is 0.238 e. The second kappa shape index (κ2) is 7.82. The Labute approximate surface area is 149 Å². The van der Waals surface area contributed by atoms with Crippen molar-refractivity contribution in [1.82, 2.24) is 4.90 Å². The summed E-state index contributed by atoms with van der Waals surface area (Å²) in [6, 6.07) is 10.3. The van der Waals surface area contributed by atoms with E-state index >= 15 is 0 Å². The van der Waals surface area contributed by atoms with Crippen LogP contribution in [0.2, 0.25) is 5.02 Å². The van der Waals surface area contributed by atoms with Crippen LogP contribution < -0.4 is 5.32 Å². The highest BCUT2D eigenvalue weighted by Gasteiger charge is 2.12. The molecular weight excluding hydrogens is 320 g/mol. The molecule has 0 spiro atoms. The topological polar surface area (TPSA) is 32.3 Å². The Bertz CT molecular complexity index is 732. The predicted molar refractivity (Wildman–Crippen MR) is 102 cm³/mol. The van der Waals surface area contributed by atoms with Gasteiger partial charge in [-0.1, -0.05) is 41.4 Å². The summed E-state index contributed by atoms with van der Waals surface area (Å²) in [7, 11) is 1.95. The molecule has 2 aromatic carbocycles. The number of amides is 1. The number of benzene rings is 2. The molecule has 0 fully saturated rings. The monoisotopic (exact) mass is 344 g/mol. The Kier molecular flexibility index (Phi) is 6.03. The van der Waals surface area contributed by atoms with Crippen molar-refractivity contribution in [2.45, 2.75) is 34.2 Å². The first-order valence-electron chi connectivity index (χ1n) is 8.07.